The molecule has 1 aromatic carbocycles. The molecular formula is C15H21N3O4. The fourth-order valence-corrected chi connectivity index (χ4v) is 1.75. The van der Waals surface area contributed by atoms with E-state index in [0.717, 1.165) is 5.56 Å². The Hall–Kier alpha value is -2.57. The second kappa shape index (κ2) is 7.44. The SMILES string of the molecule is CC(Oc1cccc(C(C)C)c1)C(=O)NC(C(N)=O)C(N)=O. The maximum Gasteiger partial charge on any atom is 0.261 e. The molecule has 1 rings (SSSR count). The summed E-state index contributed by atoms with van der Waals surface area (Å²) >= 11 is 0. The van der Waals surface area contributed by atoms with E-state index in [1.165, 1.54) is 6.92 Å². The smallest absolute Gasteiger partial charge is 0.261 e. The van der Waals surface area contributed by atoms with E-state index in [0.29, 0.717) is 11.7 Å². The fraction of sp³-hybridized carbons (Fsp3) is 0.400. The summed E-state index contributed by atoms with van der Waals surface area (Å²) in [5.41, 5.74) is 11.1. The van der Waals surface area contributed by atoms with Crippen LogP contribution in [0.25, 0.3) is 0 Å². The molecule has 7 nitrogen and oxygen atoms in total. The van der Waals surface area contributed by atoms with Gasteiger partial charge >= 0.3 is 0 Å². The van der Waals surface area contributed by atoms with E-state index in [1.54, 1.807) is 6.07 Å². The van der Waals surface area contributed by atoms with E-state index in [2.05, 4.69) is 5.32 Å². The van der Waals surface area contributed by atoms with Gasteiger partial charge in [-0.25, -0.2) is 0 Å². The van der Waals surface area contributed by atoms with Crippen molar-refractivity contribution in [1.82, 2.24) is 5.32 Å². The predicted molar refractivity (Wildman–Crippen MR) is 80.9 cm³/mol. The molecule has 0 spiro atoms. The van der Waals surface area contributed by atoms with Crippen LogP contribution in [0.15, 0.2) is 24.3 Å². The van der Waals surface area contributed by atoms with E-state index in [-0.39, 0.29) is 0 Å². The van der Waals surface area contributed by atoms with E-state index < -0.39 is 29.9 Å². The molecule has 3 amide bonds. The van der Waals surface area contributed by atoms with Crippen LogP contribution in [0.1, 0.15) is 32.3 Å². The zero-order valence-corrected chi connectivity index (χ0v) is 12.8. The van der Waals surface area contributed by atoms with E-state index >= 15 is 0 Å². The number of benzene rings is 1. The second-order valence-corrected chi connectivity index (χ2v) is 5.23. The molecular weight excluding hydrogens is 286 g/mol. The van der Waals surface area contributed by atoms with Crippen molar-refractivity contribution >= 4 is 17.7 Å². The predicted octanol–water partition coefficient (Wildman–Crippen LogP) is 0.0327. The molecule has 0 aliphatic rings. The number of ether oxygens (including phenoxy) is 1. The average Bonchev–Trinajstić information content (AvgIpc) is 2.43. The Morgan fingerprint density at radius 1 is 1.09 bits per heavy atom. The lowest BCUT2D eigenvalue weighted by Crippen LogP contribution is -2.55. The first-order valence-electron chi connectivity index (χ1n) is 6.88. The van der Waals surface area contributed by atoms with Gasteiger partial charge in [0.25, 0.3) is 5.91 Å². The molecule has 0 fully saturated rings. The number of nitrogens with one attached hydrogen (secondary N) is 1. The summed E-state index contributed by atoms with van der Waals surface area (Å²) in [4.78, 5) is 34.0. The summed E-state index contributed by atoms with van der Waals surface area (Å²) in [5.74, 6) is -1.85. The number of hydrogen-bond acceptors (Lipinski definition) is 4. The first kappa shape index (κ1) is 17.5. The molecule has 22 heavy (non-hydrogen) atoms. The van der Waals surface area contributed by atoms with Gasteiger partial charge in [0.05, 0.1) is 0 Å². The number of carbonyl (C=O) groups excluding carboxylic acids is 3. The molecule has 1 aromatic rings. The lowest BCUT2D eigenvalue weighted by molar-refractivity contribution is -0.136. The summed E-state index contributed by atoms with van der Waals surface area (Å²) in [5, 5.41) is 2.16. The van der Waals surface area contributed by atoms with Crippen molar-refractivity contribution in [2.75, 3.05) is 0 Å². The van der Waals surface area contributed by atoms with Crippen LogP contribution in [0.3, 0.4) is 0 Å². The van der Waals surface area contributed by atoms with Gasteiger partial charge < -0.3 is 21.5 Å². The Labute approximate surface area is 129 Å². The first-order valence-corrected chi connectivity index (χ1v) is 6.88. The summed E-state index contributed by atoms with van der Waals surface area (Å²) in [6, 6.07) is 5.77. The fourth-order valence-electron chi connectivity index (χ4n) is 1.75. The van der Waals surface area contributed by atoms with Crippen molar-refractivity contribution in [2.45, 2.75) is 38.8 Å². The topological polar surface area (TPSA) is 125 Å². The molecule has 0 aliphatic heterocycles. The molecule has 0 heterocycles. The van der Waals surface area contributed by atoms with Crippen molar-refractivity contribution in [1.29, 1.82) is 0 Å². The molecule has 0 saturated heterocycles. The molecule has 120 valence electrons. The average molecular weight is 307 g/mol. The molecule has 0 bridgehead atoms. The van der Waals surface area contributed by atoms with Gasteiger partial charge in [-0.2, -0.15) is 0 Å². The maximum absolute atomic E-state index is 11.9. The Kier molecular flexibility index (Phi) is 5.91. The molecule has 0 aromatic heterocycles. The number of rotatable bonds is 7. The largest absolute Gasteiger partial charge is 0.481 e. The monoisotopic (exact) mass is 307 g/mol. The summed E-state index contributed by atoms with van der Waals surface area (Å²) < 4.78 is 5.51. The minimum absolute atomic E-state index is 0.321. The van der Waals surface area contributed by atoms with E-state index in [4.69, 9.17) is 16.2 Å². The van der Waals surface area contributed by atoms with Crippen molar-refractivity contribution in [3.63, 3.8) is 0 Å². The van der Waals surface area contributed by atoms with Gasteiger partial charge in [-0.1, -0.05) is 26.0 Å². The van der Waals surface area contributed by atoms with Gasteiger partial charge in [-0.05, 0) is 30.5 Å². The third kappa shape index (κ3) is 4.76. The number of carbonyl (C=O) groups is 3. The van der Waals surface area contributed by atoms with Crippen molar-refractivity contribution in [2.24, 2.45) is 11.5 Å². The number of hydrogen-bond donors (Lipinski definition) is 3. The van der Waals surface area contributed by atoms with Gasteiger partial charge in [0.1, 0.15) is 5.75 Å². The summed E-state index contributed by atoms with van der Waals surface area (Å²) in [6.45, 7) is 5.58. The molecule has 7 heteroatoms. The van der Waals surface area contributed by atoms with Gasteiger partial charge in [0.2, 0.25) is 11.8 Å². The van der Waals surface area contributed by atoms with Gasteiger partial charge in [0.15, 0.2) is 12.1 Å². The maximum atomic E-state index is 11.9. The van der Waals surface area contributed by atoms with Gasteiger partial charge in [-0.15, -0.1) is 0 Å². The van der Waals surface area contributed by atoms with Crippen molar-refractivity contribution in [3.05, 3.63) is 29.8 Å². The van der Waals surface area contributed by atoms with Gasteiger partial charge in [-0.3, -0.25) is 14.4 Å². The first-order chi connectivity index (χ1) is 10.2. The van der Waals surface area contributed by atoms with Crippen LogP contribution in [0, 0.1) is 0 Å². The minimum Gasteiger partial charge on any atom is -0.481 e. The van der Waals surface area contributed by atoms with Crippen LogP contribution in [0.5, 0.6) is 5.75 Å². The standard InChI is InChI=1S/C15H21N3O4/c1-8(2)10-5-4-6-11(7-10)22-9(3)15(21)18-12(13(16)19)14(17)20/h4-9,12H,1-3H3,(H2,16,19)(H2,17,20)(H,18,21). The zero-order valence-electron chi connectivity index (χ0n) is 12.8. The Morgan fingerprint density at radius 3 is 2.18 bits per heavy atom. The van der Waals surface area contributed by atoms with Crippen molar-refractivity contribution in [3.8, 4) is 5.75 Å². The van der Waals surface area contributed by atoms with E-state index in [1.807, 2.05) is 32.0 Å². The van der Waals surface area contributed by atoms with Crippen LogP contribution in [0.4, 0.5) is 0 Å². The Balaban J connectivity index is 2.73. The Bertz CT molecular complexity index is 558. The molecule has 1 atom stereocenters. The molecule has 0 saturated carbocycles. The molecule has 5 N–H and O–H groups in total. The minimum atomic E-state index is -1.56. The Morgan fingerprint density at radius 2 is 1.68 bits per heavy atom. The molecule has 1 unspecified atom stereocenters. The second-order valence-electron chi connectivity index (χ2n) is 5.23. The lowest BCUT2D eigenvalue weighted by atomic mass is 10.0. The third-order valence-electron chi connectivity index (χ3n) is 3.06. The highest BCUT2D eigenvalue weighted by Gasteiger charge is 2.26. The highest BCUT2D eigenvalue weighted by atomic mass is 16.5. The van der Waals surface area contributed by atoms with Crippen LogP contribution >= 0.6 is 0 Å². The summed E-state index contributed by atoms with van der Waals surface area (Å²) in [7, 11) is 0. The molecule has 0 aliphatic carbocycles. The third-order valence-corrected chi connectivity index (χ3v) is 3.06. The highest BCUT2D eigenvalue weighted by Crippen LogP contribution is 2.20. The molecule has 0 radical (unpaired) electrons. The van der Waals surface area contributed by atoms with Crippen LogP contribution in [-0.4, -0.2) is 29.9 Å². The van der Waals surface area contributed by atoms with E-state index in [9.17, 15) is 14.4 Å². The van der Waals surface area contributed by atoms with Crippen LogP contribution < -0.4 is 21.5 Å². The van der Waals surface area contributed by atoms with Crippen LogP contribution in [-0.2, 0) is 14.4 Å². The van der Waals surface area contributed by atoms with Crippen molar-refractivity contribution < 1.29 is 19.1 Å². The number of primary amides is 2. The summed E-state index contributed by atoms with van der Waals surface area (Å²) in [6.07, 6.45) is -0.913. The number of nitrogens with two attached hydrogens (primary N) is 2. The lowest BCUT2D eigenvalue weighted by Gasteiger charge is -2.18. The zero-order chi connectivity index (χ0) is 16.9. The highest BCUT2D eigenvalue weighted by molar-refractivity contribution is 6.06. The number of amides is 3. The normalized spacial score (nSPS) is 12.0. The van der Waals surface area contributed by atoms with Gasteiger partial charge in [0, 0.05) is 0 Å². The van der Waals surface area contributed by atoms with Crippen LogP contribution in [0.2, 0.25) is 0 Å². The quantitative estimate of drug-likeness (QED) is 0.615.